The molecule has 0 radical (unpaired) electrons. The van der Waals surface area contributed by atoms with Crippen molar-refractivity contribution in [3.63, 3.8) is 0 Å². The lowest BCUT2D eigenvalue weighted by Gasteiger charge is -2.22. The van der Waals surface area contributed by atoms with Gasteiger partial charge in [-0.2, -0.15) is 0 Å². The predicted octanol–water partition coefficient (Wildman–Crippen LogP) is 1.91. The summed E-state index contributed by atoms with van der Waals surface area (Å²) in [5, 5.41) is 0. The molecule has 16 heavy (non-hydrogen) atoms. The van der Waals surface area contributed by atoms with Crippen LogP contribution in [0.2, 0.25) is 0 Å². The van der Waals surface area contributed by atoms with E-state index in [-0.39, 0.29) is 0 Å². The first-order chi connectivity index (χ1) is 7.81. The fraction of sp³-hybridized carbons (Fsp3) is 0.923. The van der Waals surface area contributed by atoms with Crippen LogP contribution in [-0.2, 0) is 4.79 Å². The molecule has 0 heterocycles. The minimum absolute atomic E-state index is 0.395. The van der Waals surface area contributed by atoms with Crippen molar-refractivity contribution >= 4 is 5.91 Å². The SMILES string of the molecule is NCCCCCC(=O)N(CC1CC1)C1CC1. The van der Waals surface area contributed by atoms with Crippen LogP contribution in [0.25, 0.3) is 0 Å². The monoisotopic (exact) mass is 224 g/mol. The molecule has 0 spiro atoms. The Hall–Kier alpha value is -0.570. The minimum Gasteiger partial charge on any atom is -0.339 e. The molecule has 1 amide bonds. The summed E-state index contributed by atoms with van der Waals surface area (Å²) in [5.74, 6) is 1.22. The van der Waals surface area contributed by atoms with E-state index in [0.29, 0.717) is 11.9 Å². The highest BCUT2D eigenvalue weighted by Gasteiger charge is 2.35. The van der Waals surface area contributed by atoms with Gasteiger partial charge in [0.05, 0.1) is 0 Å². The molecule has 0 aromatic carbocycles. The van der Waals surface area contributed by atoms with Gasteiger partial charge in [-0.1, -0.05) is 6.42 Å². The van der Waals surface area contributed by atoms with E-state index in [1.807, 2.05) is 0 Å². The van der Waals surface area contributed by atoms with E-state index in [2.05, 4.69) is 4.90 Å². The van der Waals surface area contributed by atoms with Gasteiger partial charge in [0.25, 0.3) is 0 Å². The van der Waals surface area contributed by atoms with Crippen LogP contribution < -0.4 is 5.73 Å². The number of hydrogen-bond donors (Lipinski definition) is 1. The second-order valence-corrected chi connectivity index (χ2v) is 5.32. The van der Waals surface area contributed by atoms with E-state index in [9.17, 15) is 4.79 Å². The Morgan fingerprint density at radius 2 is 1.88 bits per heavy atom. The summed E-state index contributed by atoms with van der Waals surface area (Å²) in [6, 6.07) is 0.600. The molecule has 0 aromatic rings. The van der Waals surface area contributed by atoms with Gasteiger partial charge in [0.2, 0.25) is 5.91 Å². The number of nitrogens with zero attached hydrogens (tertiary/aromatic N) is 1. The molecule has 0 atom stereocenters. The van der Waals surface area contributed by atoms with Gasteiger partial charge in [-0.3, -0.25) is 4.79 Å². The Morgan fingerprint density at radius 1 is 1.12 bits per heavy atom. The highest BCUT2D eigenvalue weighted by atomic mass is 16.2. The van der Waals surface area contributed by atoms with Crippen molar-refractivity contribution in [2.75, 3.05) is 13.1 Å². The van der Waals surface area contributed by atoms with Gasteiger partial charge < -0.3 is 10.6 Å². The predicted molar refractivity (Wildman–Crippen MR) is 65.0 cm³/mol. The average Bonchev–Trinajstić information content (AvgIpc) is 3.14. The number of amides is 1. The largest absolute Gasteiger partial charge is 0.339 e. The van der Waals surface area contributed by atoms with Gasteiger partial charge >= 0.3 is 0 Å². The summed E-state index contributed by atoms with van der Waals surface area (Å²) in [5.41, 5.74) is 5.44. The molecule has 0 saturated heterocycles. The van der Waals surface area contributed by atoms with Crippen LogP contribution in [0.3, 0.4) is 0 Å². The summed E-state index contributed by atoms with van der Waals surface area (Å²) < 4.78 is 0. The summed E-state index contributed by atoms with van der Waals surface area (Å²) in [7, 11) is 0. The van der Waals surface area contributed by atoms with Gasteiger partial charge in [-0.25, -0.2) is 0 Å². The Morgan fingerprint density at radius 3 is 2.44 bits per heavy atom. The Bertz CT molecular complexity index is 234. The van der Waals surface area contributed by atoms with E-state index >= 15 is 0 Å². The molecule has 2 saturated carbocycles. The Balaban J connectivity index is 1.67. The third-order valence-electron chi connectivity index (χ3n) is 3.55. The first-order valence-corrected chi connectivity index (χ1v) is 6.81. The van der Waals surface area contributed by atoms with Crippen LogP contribution in [0.15, 0.2) is 0 Å². The Kier molecular flexibility index (Phi) is 4.22. The Labute approximate surface area is 98.4 Å². The van der Waals surface area contributed by atoms with Crippen molar-refractivity contribution in [1.29, 1.82) is 0 Å². The van der Waals surface area contributed by atoms with Gasteiger partial charge in [-0.15, -0.1) is 0 Å². The molecule has 0 aliphatic heterocycles. The van der Waals surface area contributed by atoms with E-state index in [0.717, 1.165) is 44.7 Å². The molecule has 2 rings (SSSR count). The van der Waals surface area contributed by atoms with Crippen molar-refractivity contribution < 1.29 is 4.79 Å². The summed E-state index contributed by atoms with van der Waals surface area (Å²) in [6.07, 6.45) is 9.06. The molecule has 2 aliphatic carbocycles. The van der Waals surface area contributed by atoms with E-state index in [1.54, 1.807) is 0 Å². The highest BCUT2D eigenvalue weighted by molar-refractivity contribution is 5.76. The summed E-state index contributed by atoms with van der Waals surface area (Å²) in [4.78, 5) is 14.2. The van der Waals surface area contributed by atoms with Gasteiger partial charge in [0.15, 0.2) is 0 Å². The third kappa shape index (κ3) is 3.78. The number of unbranched alkanes of at least 4 members (excludes halogenated alkanes) is 2. The van der Waals surface area contributed by atoms with E-state index in [1.165, 1.54) is 25.7 Å². The maximum absolute atomic E-state index is 12.0. The quantitative estimate of drug-likeness (QED) is 0.640. The van der Waals surface area contributed by atoms with Gasteiger partial charge in [0.1, 0.15) is 0 Å². The molecule has 3 nitrogen and oxygen atoms in total. The number of nitrogens with two attached hydrogens (primary N) is 1. The molecule has 2 N–H and O–H groups in total. The molecule has 92 valence electrons. The zero-order chi connectivity index (χ0) is 11.4. The third-order valence-corrected chi connectivity index (χ3v) is 3.55. The van der Waals surface area contributed by atoms with Gasteiger partial charge in [-0.05, 0) is 51.0 Å². The van der Waals surface area contributed by atoms with Crippen molar-refractivity contribution in [3.05, 3.63) is 0 Å². The van der Waals surface area contributed by atoms with Crippen molar-refractivity contribution in [1.82, 2.24) is 4.90 Å². The van der Waals surface area contributed by atoms with Crippen LogP contribution in [0.1, 0.15) is 51.4 Å². The number of rotatable bonds is 8. The average molecular weight is 224 g/mol. The lowest BCUT2D eigenvalue weighted by atomic mass is 10.1. The molecule has 2 fully saturated rings. The first-order valence-electron chi connectivity index (χ1n) is 6.81. The van der Waals surface area contributed by atoms with Crippen LogP contribution in [0.5, 0.6) is 0 Å². The summed E-state index contributed by atoms with van der Waals surface area (Å²) in [6.45, 7) is 1.79. The molecular weight excluding hydrogens is 200 g/mol. The zero-order valence-electron chi connectivity index (χ0n) is 10.2. The lowest BCUT2D eigenvalue weighted by Crippen LogP contribution is -2.34. The molecule has 0 aromatic heterocycles. The number of hydrogen-bond acceptors (Lipinski definition) is 2. The van der Waals surface area contributed by atoms with Crippen LogP contribution in [0.4, 0.5) is 0 Å². The smallest absolute Gasteiger partial charge is 0.222 e. The molecule has 0 unspecified atom stereocenters. The minimum atomic E-state index is 0.395. The number of carbonyl (C=O) groups excluding carboxylic acids is 1. The molecule has 2 aliphatic rings. The van der Waals surface area contributed by atoms with Gasteiger partial charge in [0, 0.05) is 19.0 Å². The van der Waals surface area contributed by atoms with Crippen LogP contribution in [0, 0.1) is 5.92 Å². The highest BCUT2D eigenvalue weighted by Crippen LogP contribution is 2.35. The van der Waals surface area contributed by atoms with Crippen molar-refractivity contribution in [3.8, 4) is 0 Å². The first kappa shape index (κ1) is 11.9. The summed E-state index contributed by atoms with van der Waals surface area (Å²) >= 11 is 0. The maximum Gasteiger partial charge on any atom is 0.222 e. The zero-order valence-corrected chi connectivity index (χ0v) is 10.2. The second kappa shape index (κ2) is 5.67. The van der Waals surface area contributed by atoms with Crippen LogP contribution >= 0.6 is 0 Å². The van der Waals surface area contributed by atoms with Crippen LogP contribution in [-0.4, -0.2) is 29.9 Å². The fourth-order valence-corrected chi connectivity index (χ4v) is 2.16. The standard InChI is InChI=1S/C13H24N2O/c14-9-3-1-2-4-13(16)15(12-7-8-12)10-11-5-6-11/h11-12H,1-10,14H2. The molecule has 0 bridgehead atoms. The second-order valence-electron chi connectivity index (χ2n) is 5.32. The van der Waals surface area contributed by atoms with Crippen molar-refractivity contribution in [2.45, 2.75) is 57.4 Å². The molecular formula is C13H24N2O. The van der Waals surface area contributed by atoms with Crippen molar-refractivity contribution in [2.24, 2.45) is 11.7 Å². The lowest BCUT2D eigenvalue weighted by molar-refractivity contribution is -0.132. The maximum atomic E-state index is 12.0. The van der Waals surface area contributed by atoms with E-state index < -0.39 is 0 Å². The topological polar surface area (TPSA) is 46.3 Å². The molecule has 3 heteroatoms. The van der Waals surface area contributed by atoms with E-state index in [4.69, 9.17) is 5.73 Å². The number of carbonyl (C=O) groups is 1. The fourth-order valence-electron chi connectivity index (χ4n) is 2.16. The normalized spacial score (nSPS) is 19.8.